The van der Waals surface area contributed by atoms with E-state index in [0.717, 1.165) is 35.6 Å². The van der Waals surface area contributed by atoms with Gasteiger partial charge in [-0.2, -0.15) is 0 Å². The molecule has 1 aliphatic rings. The van der Waals surface area contributed by atoms with Crippen LogP contribution in [0.5, 0.6) is 0 Å². The van der Waals surface area contributed by atoms with E-state index in [-0.39, 0.29) is 0 Å². The monoisotopic (exact) mass is 310 g/mol. The van der Waals surface area contributed by atoms with E-state index >= 15 is 0 Å². The van der Waals surface area contributed by atoms with Gasteiger partial charge in [-0.25, -0.2) is 0 Å². The molecule has 0 saturated heterocycles. The van der Waals surface area contributed by atoms with Gasteiger partial charge in [0.2, 0.25) is 0 Å². The maximum absolute atomic E-state index is 10.7. The molecule has 0 atom stereocenters. The molecular formula is C16H23BrO. The third-order valence-electron chi connectivity index (χ3n) is 4.33. The predicted molar refractivity (Wildman–Crippen MR) is 79.6 cm³/mol. The molecule has 0 radical (unpaired) electrons. The van der Waals surface area contributed by atoms with E-state index in [1.165, 1.54) is 18.4 Å². The fourth-order valence-corrected chi connectivity index (χ4v) is 3.49. The molecule has 0 unspecified atom stereocenters. The summed E-state index contributed by atoms with van der Waals surface area (Å²) in [4.78, 5) is 0. The molecule has 2 rings (SSSR count). The van der Waals surface area contributed by atoms with Gasteiger partial charge in [-0.3, -0.25) is 0 Å². The molecule has 1 aromatic carbocycles. The first-order chi connectivity index (χ1) is 8.48. The number of halogens is 1. The molecule has 0 aromatic heterocycles. The van der Waals surface area contributed by atoms with Crippen molar-refractivity contribution < 1.29 is 5.11 Å². The largest absolute Gasteiger partial charge is 0.390 e. The van der Waals surface area contributed by atoms with Gasteiger partial charge in [-0.15, -0.1) is 0 Å². The van der Waals surface area contributed by atoms with Crippen LogP contribution >= 0.6 is 15.9 Å². The van der Waals surface area contributed by atoms with Crippen LogP contribution in [0.2, 0.25) is 0 Å². The Hall–Kier alpha value is -0.340. The highest BCUT2D eigenvalue weighted by atomic mass is 79.9. The summed E-state index contributed by atoms with van der Waals surface area (Å²) in [6, 6.07) is 8.30. The topological polar surface area (TPSA) is 20.2 Å². The molecule has 2 heteroatoms. The second-order valence-corrected chi connectivity index (χ2v) is 7.03. The van der Waals surface area contributed by atoms with Crippen molar-refractivity contribution in [1.29, 1.82) is 0 Å². The van der Waals surface area contributed by atoms with Crippen LogP contribution < -0.4 is 0 Å². The lowest BCUT2D eigenvalue weighted by Crippen LogP contribution is -2.37. The van der Waals surface area contributed by atoms with Crippen LogP contribution in [0.3, 0.4) is 0 Å². The molecule has 0 aliphatic heterocycles. The standard InChI is InChI=1S/C16H23BrO/c1-12(2)14-6-8-16(18,9-7-14)11-13-4-3-5-15(17)10-13/h3-5,10,12,14,18H,6-9,11H2,1-2H3. The van der Waals surface area contributed by atoms with Gasteiger partial charge in [-0.1, -0.05) is 41.9 Å². The molecule has 100 valence electrons. The number of rotatable bonds is 3. The third kappa shape index (κ3) is 3.58. The van der Waals surface area contributed by atoms with E-state index in [2.05, 4.69) is 41.9 Å². The first-order valence-corrected chi connectivity index (χ1v) is 7.75. The van der Waals surface area contributed by atoms with Gasteiger partial charge in [-0.05, 0) is 55.2 Å². The van der Waals surface area contributed by atoms with Crippen molar-refractivity contribution in [2.75, 3.05) is 0 Å². The van der Waals surface area contributed by atoms with Crippen molar-refractivity contribution in [3.8, 4) is 0 Å². The highest BCUT2D eigenvalue weighted by molar-refractivity contribution is 9.10. The highest BCUT2D eigenvalue weighted by Crippen LogP contribution is 2.37. The minimum Gasteiger partial charge on any atom is -0.390 e. The SMILES string of the molecule is CC(C)C1CCC(O)(Cc2cccc(Br)c2)CC1. The first kappa shape index (κ1) is 14.1. The number of hydrogen-bond donors (Lipinski definition) is 1. The zero-order valence-electron chi connectivity index (χ0n) is 11.3. The van der Waals surface area contributed by atoms with Gasteiger partial charge >= 0.3 is 0 Å². The summed E-state index contributed by atoms with van der Waals surface area (Å²) in [7, 11) is 0. The molecule has 18 heavy (non-hydrogen) atoms. The molecule has 0 heterocycles. The van der Waals surface area contributed by atoms with Gasteiger partial charge < -0.3 is 5.11 Å². The molecule has 1 nitrogen and oxygen atoms in total. The smallest absolute Gasteiger partial charge is 0.0688 e. The summed E-state index contributed by atoms with van der Waals surface area (Å²) >= 11 is 3.49. The molecule has 0 bridgehead atoms. The fraction of sp³-hybridized carbons (Fsp3) is 0.625. The van der Waals surface area contributed by atoms with Crippen molar-refractivity contribution in [2.45, 2.75) is 51.6 Å². The van der Waals surface area contributed by atoms with Gasteiger partial charge in [0.1, 0.15) is 0 Å². The molecule has 0 amide bonds. The molecule has 1 saturated carbocycles. The summed E-state index contributed by atoms with van der Waals surface area (Å²) < 4.78 is 1.10. The molecule has 0 spiro atoms. The van der Waals surface area contributed by atoms with Crippen LogP contribution in [0.4, 0.5) is 0 Å². The van der Waals surface area contributed by atoms with Crippen LogP contribution in [0.15, 0.2) is 28.7 Å². The Morgan fingerprint density at radius 1 is 1.33 bits per heavy atom. The van der Waals surface area contributed by atoms with Crippen LogP contribution in [0, 0.1) is 11.8 Å². The summed E-state index contributed by atoms with van der Waals surface area (Å²) in [6.45, 7) is 4.59. The van der Waals surface area contributed by atoms with Crippen molar-refractivity contribution in [3.63, 3.8) is 0 Å². The predicted octanol–water partition coefficient (Wildman–Crippen LogP) is 4.57. The Bertz CT molecular complexity index is 392. The van der Waals surface area contributed by atoms with Crippen LogP contribution in [0.1, 0.15) is 45.1 Å². The number of aliphatic hydroxyl groups is 1. The summed E-state index contributed by atoms with van der Waals surface area (Å²) in [6.07, 6.45) is 5.02. The Labute approximate surface area is 119 Å². The van der Waals surface area contributed by atoms with Crippen molar-refractivity contribution >= 4 is 15.9 Å². The van der Waals surface area contributed by atoms with E-state index in [1.54, 1.807) is 0 Å². The van der Waals surface area contributed by atoms with Crippen molar-refractivity contribution in [2.24, 2.45) is 11.8 Å². The number of hydrogen-bond acceptors (Lipinski definition) is 1. The maximum atomic E-state index is 10.7. The first-order valence-electron chi connectivity index (χ1n) is 6.95. The average molecular weight is 311 g/mol. The Balaban J connectivity index is 1.97. The summed E-state index contributed by atoms with van der Waals surface area (Å²) in [5.41, 5.74) is 0.751. The van der Waals surface area contributed by atoms with Gasteiger partial charge in [0, 0.05) is 10.9 Å². The highest BCUT2D eigenvalue weighted by Gasteiger charge is 2.34. The lowest BCUT2D eigenvalue weighted by Gasteiger charge is -2.37. The van der Waals surface area contributed by atoms with Crippen LogP contribution in [-0.4, -0.2) is 10.7 Å². The summed E-state index contributed by atoms with van der Waals surface area (Å²) in [5, 5.41) is 10.7. The van der Waals surface area contributed by atoms with Gasteiger partial charge in [0.05, 0.1) is 5.60 Å². The summed E-state index contributed by atoms with van der Waals surface area (Å²) in [5.74, 6) is 1.55. The normalized spacial score (nSPS) is 28.6. The Morgan fingerprint density at radius 2 is 2.00 bits per heavy atom. The lowest BCUT2D eigenvalue weighted by molar-refractivity contribution is -0.0146. The minimum absolute atomic E-state index is 0.480. The average Bonchev–Trinajstić information content (AvgIpc) is 2.29. The molecule has 1 fully saturated rings. The van der Waals surface area contributed by atoms with Crippen LogP contribution in [0.25, 0.3) is 0 Å². The third-order valence-corrected chi connectivity index (χ3v) is 4.82. The van der Waals surface area contributed by atoms with E-state index in [0.29, 0.717) is 0 Å². The number of benzene rings is 1. The molecule has 1 N–H and O–H groups in total. The van der Waals surface area contributed by atoms with Crippen molar-refractivity contribution in [1.82, 2.24) is 0 Å². The van der Waals surface area contributed by atoms with E-state index in [9.17, 15) is 5.11 Å². The molecular weight excluding hydrogens is 288 g/mol. The van der Waals surface area contributed by atoms with Gasteiger partial charge in [0.25, 0.3) is 0 Å². The zero-order valence-corrected chi connectivity index (χ0v) is 12.9. The van der Waals surface area contributed by atoms with Crippen LogP contribution in [-0.2, 0) is 6.42 Å². The zero-order chi connectivity index (χ0) is 13.2. The molecule has 1 aliphatic carbocycles. The Kier molecular flexibility index (Phi) is 4.50. The fourth-order valence-electron chi connectivity index (χ4n) is 3.05. The Morgan fingerprint density at radius 3 is 2.56 bits per heavy atom. The van der Waals surface area contributed by atoms with Gasteiger partial charge in [0.15, 0.2) is 0 Å². The van der Waals surface area contributed by atoms with E-state index in [1.807, 2.05) is 12.1 Å². The quantitative estimate of drug-likeness (QED) is 0.867. The van der Waals surface area contributed by atoms with E-state index in [4.69, 9.17) is 0 Å². The minimum atomic E-state index is -0.480. The maximum Gasteiger partial charge on any atom is 0.0688 e. The second-order valence-electron chi connectivity index (χ2n) is 6.11. The van der Waals surface area contributed by atoms with E-state index < -0.39 is 5.60 Å². The lowest BCUT2D eigenvalue weighted by atomic mass is 9.72. The van der Waals surface area contributed by atoms with Crippen molar-refractivity contribution in [3.05, 3.63) is 34.3 Å². The molecule has 1 aromatic rings. The second kappa shape index (κ2) is 5.75.